The highest BCUT2D eigenvalue weighted by atomic mass is 35.5. The summed E-state index contributed by atoms with van der Waals surface area (Å²) < 4.78 is 0. The molecule has 1 aromatic carbocycles. The monoisotopic (exact) mass is 278 g/mol. The molecule has 102 valence electrons. The Kier molecular flexibility index (Phi) is 3.27. The Morgan fingerprint density at radius 3 is 2.79 bits per heavy atom. The fourth-order valence-electron chi connectivity index (χ4n) is 3.10. The Morgan fingerprint density at radius 2 is 2.16 bits per heavy atom. The van der Waals surface area contributed by atoms with E-state index in [1.807, 2.05) is 13.1 Å². The first-order valence-corrected chi connectivity index (χ1v) is 7.27. The van der Waals surface area contributed by atoms with Crippen LogP contribution < -0.4 is 10.6 Å². The predicted molar refractivity (Wildman–Crippen MR) is 77.5 cm³/mol. The molecule has 1 fully saturated rings. The number of fused-ring (bicyclic) bond motifs is 1. The highest BCUT2D eigenvalue weighted by Crippen LogP contribution is 2.44. The van der Waals surface area contributed by atoms with Gasteiger partial charge < -0.3 is 10.6 Å². The standard InChI is InChI=1S/C15H19ClN2O/c1-8(9-3-4-9)15(17-2)11-5-10-6-14(19)18-13(10)7-12(11)16/h5,7-9,15,17H,3-4,6H2,1-2H3,(H,18,19). The van der Waals surface area contributed by atoms with Gasteiger partial charge in [-0.3, -0.25) is 4.79 Å². The van der Waals surface area contributed by atoms with E-state index >= 15 is 0 Å². The maximum Gasteiger partial charge on any atom is 0.228 e. The average Bonchev–Trinajstić information content (AvgIpc) is 3.14. The van der Waals surface area contributed by atoms with E-state index in [4.69, 9.17) is 11.6 Å². The first-order valence-electron chi connectivity index (χ1n) is 6.89. The van der Waals surface area contributed by atoms with Crippen LogP contribution in [0.15, 0.2) is 12.1 Å². The summed E-state index contributed by atoms with van der Waals surface area (Å²) in [6.07, 6.45) is 3.11. The molecule has 1 aliphatic carbocycles. The van der Waals surface area contributed by atoms with Gasteiger partial charge in [-0.25, -0.2) is 0 Å². The van der Waals surface area contributed by atoms with Gasteiger partial charge in [0, 0.05) is 16.8 Å². The van der Waals surface area contributed by atoms with Crippen molar-refractivity contribution in [1.82, 2.24) is 5.32 Å². The molecule has 0 radical (unpaired) electrons. The molecular weight excluding hydrogens is 260 g/mol. The van der Waals surface area contributed by atoms with E-state index in [1.54, 1.807) is 0 Å². The zero-order valence-corrected chi connectivity index (χ0v) is 12.1. The number of benzene rings is 1. The van der Waals surface area contributed by atoms with Crippen molar-refractivity contribution in [2.24, 2.45) is 11.8 Å². The lowest BCUT2D eigenvalue weighted by molar-refractivity contribution is -0.115. The van der Waals surface area contributed by atoms with Crippen molar-refractivity contribution in [1.29, 1.82) is 0 Å². The molecule has 1 heterocycles. The zero-order chi connectivity index (χ0) is 13.6. The highest BCUT2D eigenvalue weighted by molar-refractivity contribution is 6.32. The molecule has 1 amide bonds. The topological polar surface area (TPSA) is 41.1 Å². The lowest BCUT2D eigenvalue weighted by Gasteiger charge is -2.25. The van der Waals surface area contributed by atoms with Crippen molar-refractivity contribution >= 4 is 23.2 Å². The Labute approximate surface area is 118 Å². The van der Waals surface area contributed by atoms with Crippen molar-refractivity contribution in [2.45, 2.75) is 32.2 Å². The molecular formula is C15H19ClN2O. The second-order valence-electron chi connectivity index (χ2n) is 5.72. The van der Waals surface area contributed by atoms with Crippen LogP contribution in [0.25, 0.3) is 0 Å². The van der Waals surface area contributed by atoms with Crippen molar-refractivity contribution < 1.29 is 4.79 Å². The van der Waals surface area contributed by atoms with E-state index in [1.165, 1.54) is 12.8 Å². The van der Waals surface area contributed by atoms with Crippen molar-refractivity contribution in [3.63, 3.8) is 0 Å². The number of amides is 1. The minimum absolute atomic E-state index is 0.0551. The summed E-state index contributed by atoms with van der Waals surface area (Å²) in [5, 5.41) is 6.98. The summed E-state index contributed by atoms with van der Waals surface area (Å²) in [4.78, 5) is 11.4. The molecule has 1 aromatic rings. The number of carbonyl (C=O) groups is 1. The maximum atomic E-state index is 11.4. The van der Waals surface area contributed by atoms with Crippen LogP contribution in [0.3, 0.4) is 0 Å². The van der Waals surface area contributed by atoms with Crippen LogP contribution in [-0.2, 0) is 11.2 Å². The van der Waals surface area contributed by atoms with Gasteiger partial charge in [-0.2, -0.15) is 0 Å². The number of hydrogen-bond acceptors (Lipinski definition) is 2. The molecule has 0 bridgehead atoms. The number of hydrogen-bond donors (Lipinski definition) is 2. The quantitative estimate of drug-likeness (QED) is 0.888. The Bertz CT molecular complexity index is 525. The third-order valence-corrected chi connectivity index (χ3v) is 4.71. The van der Waals surface area contributed by atoms with Gasteiger partial charge in [-0.05, 0) is 48.9 Å². The Balaban J connectivity index is 1.95. The maximum absolute atomic E-state index is 11.4. The van der Waals surface area contributed by atoms with Gasteiger partial charge in [0.25, 0.3) is 0 Å². The number of carbonyl (C=O) groups excluding carboxylic acids is 1. The van der Waals surface area contributed by atoms with Crippen LogP contribution in [0.4, 0.5) is 5.69 Å². The Hall–Kier alpha value is -1.06. The zero-order valence-electron chi connectivity index (χ0n) is 11.3. The molecule has 3 rings (SSSR count). The third kappa shape index (κ3) is 2.37. The van der Waals surface area contributed by atoms with E-state index < -0.39 is 0 Å². The summed E-state index contributed by atoms with van der Waals surface area (Å²) >= 11 is 6.41. The lowest BCUT2D eigenvalue weighted by Crippen LogP contribution is -2.25. The van der Waals surface area contributed by atoms with Crippen LogP contribution in [-0.4, -0.2) is 13.0 Å². The normalized spacial score (nSPS) is 20.9. The summed E-state index contributed by atoms with van der Waals surface area (Å²) in [5.41, 5.74) is 3.05. The van der Waals surface area contributed by atoms with Gasteiger partial charge in [0.2, 0.25) is 5.91 Å². The van der Waals surface area contributed by atoms with E-state index in [2.05, 4.69) is 23.6 Å². The SMILES string of the molecule is CNC(c1cc2c(cc1Cl)NC(=O)C2)C(C)C1CC1. The second-order valence-corrected chi connectivity index (χ2v) is 6.13. The molecule has 0 aromatic heterocycles. The third-order valence-electron chi connectivity index (χ3n) is 4.39. The number of nitrogens with one attached hydrogen (secondary N) is 2. The molecule has 3 nitrogen and oxygen atoms in total. The summed E-state index contributed by atoms with van der Waals surface area (Å²) in [7, 11) is 1.98. The Morgan fingerprint density at radius 1 is 1.42 bits per heavy atom. The van der Waals surface area contributed by atoms with E-state index in [0.29, 0.717) is 12.3 Å². The smallest absolute Gasteiger partial charge is 0.228 e. The van der Waals surface area contributed by atoms with E-state index in [-0.39, 0.29) is 11.9 Å². The molecule has 0 spiro atoms. The van der Waals surface area contributed by atoms with Gasteiger partial charge in [0.1, 0.15) is 0 Å². The van der Waals surface area contributed by atoms with Crippen LogP contribution in [0, 0.1) is 11.8 Å². The molecule has 2 N–H and O–H groups in total. The van der Waals surface area contributed by atoms with Gasteiger partial charge >= 0.3 is 0 Å². The van der Waals surface area contributed by atoms with Gasteiger partial charge in [-0.15, -0.1) is 0 Å². The highest BCUT2D eigenvalue weighted by Gasteiger charge is 2.34. The fraction of sp³-hybridized carbons (Fsp3) is 0.533. The number of halogens is 1. The minimum atomic E-state index is 0.0551. The minimum Gasteiger partial charge on any atom is -0.325 e. The first kappa shape index (κ1) is 12.9. The van der Waals surface area contributed by atoms with Crippen LogP contribution in [0.5, 0.6) is 0 Å². The summed E-state index contributed by atoms with van der Waals surface area (Å²) in [6, 6.07) is 4.25. The second kappa shape index (κ2) is 4.80. The van der Waals surface area contributed by atoms with Gasteiger partial charge in [-0.1, -0.05) is 24.6 Å². The molecule has 4 heteroatoms. The molecule has 1 saturated carbocycles. The molecule has 2 aliphatic rings. The molecule has 0 saturated heterocycles. The van der Waals surface area contributed by atoms with Gasteiger partial charge in [0.15, 0.2) is 0 Å². The lowest BCUT2D eigenvalue weighted by atomic mass is 9.89. The largest absolute Gasteiger partial charge is 0.325 e. The van der Waals surface area contributed by atoms with Crippen LogP contribution in [0.2, 0.25) is 5.02 Å². The molecule has 19 heavy (non-hydrogen) atoms. The van der Waals surface area contributed by atoms with Crippen molar-refractivity contribution in [3.8, 4) is 0 Å². The predicted octanol–water partition coefficient (Wildman–Crippen LogP) is 3.14. The van der Waals surface area contributed by atoms with Crippen LogP contribution >= 0.6 is 11.6 Å². The summed E-state index contributed by atoms with van der Waals surface area (Å²) in [6.45, 7) is 2.28. The van der Waals surface area contributed by atoms with E-state index in [9.17, 15) is 4.79 Å². The molecule has 2 unspecified atom stereocenters. The van der Waals surface area contributed by atoms with Crippen molar-refractivity contribution in [3.05, 3.63) is 28.3 Å². The van der Waals surface area contributed by atoms with Gasteiger partial charge in [0.05, 0.1) is 6.42 Å². The van der Waals surface area contributed by atoms with E-state index in [0.717, 1.165) is 27.8 Å². The van der Waals surface area contributed by atoms with Crippen LogP contribution in [0.1, 0.15) is 36.9 Å². The first-order chi connectivity index (χ1) is 9.10. The molecule has 2 atom stereocenters. The average molecular weight is 279 g/mol. The fourth-order valence-corrected chi connectivity index (χ4v) is 3.38. The summed E-state index contributed by atoms with van der Waals surface area (Å²) in [5.74, 6) is 1.44. The molecule has 1 aliphatic heterocycles. The number of rotatable bonds is 4. The van der Waals surface area contributed by atoms with Crippen molar-refractivity contribution in [2.75, 3.05) is 12.4 Å². The number of anilines is 1.